The van der Waals surface area contributed by atoms with Gasteiger partial charge in [0.15, 0.2) is 5.82 Å². The van der Waals surface area contributed by atoms with Crippen LogP contribution in [0.3, 0.4) is 0 Å². The molecular formula is C20H25N5O. The molecule has 4 fully saturated rings. The molecule has 1 aromatic carbocycles. The Morgan fingerprint density at radius 2 is 1.92 bits per heavy atom. The Morgan fingerprint density at radius 1 is 1.19 bits per heavy atom. The average molecular weight is 351 g/mol. The molecule has 6 heteroatoms. The first kappa shape index (κ1) is 16.0. The van der Waals surface area contributed by atoms with E-state index in [9.17, 15) is 4.79 Å². The van der Waals surface area contributed by atoms with Crippen molar-refractivity contribution in [3.63, 3.8) is 0 Å². The average Bonchev–Trinajstić information content (AvgIpc) is 3.07. The van der Waals surface area contributed by atoms with Gasteiger partial charge in [-0.25, -0.2) is 0 Å². The summed E-state index contributed by atoms with van der Waals surface area (Å²) < 4.78 is 0. The van der Waals surface area contributed by atoms with Crippen LogP contribution in [-0.4, -0.2) is 26.1 Å². The highest BCUT2D eigenvalue weighted by Crippen LogP contribution is 2.63. The SMILES string of the molecule is Cc1nnn(C23C[C@@H]4C[C@@H](CC(C(=O)NCc5ccccc5)(C4)C2)C3)n1. The van der Waals surface area contributed by atoms with E-state index in [0.717, 1.165) is 37.7 Å². The molecule has 6 nitrogen and oxygen atoms in total. The van der Waals surface area contributed by atoms with E-state index in [0.29, 0.717) is 24.2 Å². The lowest BCUT2D eigenvalue weighted by Crippen LogP contribution is -2.61. The summed E-state index contributed by atoms with van der Waals surface area (Å²) in [5.41, 5.74) is 0.768. The maximum atomic E-state index is 13.3. The molecule has 0 saturated heterocycles. The summed E-state index contributed by atoms with van der Waals surface area (Å²) in [4.78, 5) is 15.1. The van der Waals surface area contributed by atoms with Gasteiger partial charge in [0.25, 0.3) is 0 Å². The molecule has 4 atom stereocenters. The smallest absolute Gasteiger partial charge is 0.226 e. The number of rotatable bonds is 4. The van der Waals surface area contributed by atoms with Crippen molar-refractivity contribution in [2.75, 3.05) is 0 Å². The summed E-state index contributed by atoms with van der Waals surface area (Å²) in [6.45, 7) is 2.48. The van der Waals surface area contributed by atoms with E-state index in [1.807, 2.05) is 29.9 Å². The summed E-state index contributed by atoms with van der Waals surface area (Å²) >= 11 is 0. The second-order valence-corrected chi connectivity index (χ2v) is 8.76. The molecule has 6 rings (SSSR count). The number of hydrogen-bond donors (Lipinski definition) is 1. The van der Waals surface area contributed by atoms with Crippen LogP contribution in [0.25, 0.3) is 0 Å². The van der Waals surface area contributed by atoms with Gasteiger partial charge in [0.2, 0.25) is 5.91 Å². The number of nitrogens with one attached hydrogen (secondary N) is 1. The van der Waals surface area contributed by atoms with Crippen LogP contribution in [0.1, 0.15) is 49.9 Å². The van der Waals surface area contributed by atoms with Crippen molar-refractivity contribution in [3.05, 3.63) is 41.7 Å². The molecule has 1 amide bonds. The number of amides is 1. The van der Waals surface area contributed by atoms with Crippen molar-refractivity contribution in [2.24, 2.45) is 17.3 Å². The Morgan fingerprint density at radius 3 is 2.58 bits per heavy atom. The van der Waals surface area contributed by atoms with Gasteiger partial charge < -0.3 is 5.32 Å². The minimum absolute atomic E-state index is 0.116. The van der Waals surface area contributed by atoms with Crippen LogP contribution in [0.15, 0.2) is 30.3 Å². The third-order valence-corrected chi connectivity index (χ3v) is 6.75. The lowest BCUT2D eigenvalue weighted by molar-refractivity contribution is -0.157. The number of carbonyl (C=O) groups excluding carboxylic acids is 1. The quantitative estimate of drug-likeness (QED) is 0.919. The summed E-state index contributed by atoms with van der Waals surface area (Å²) in [5, 5.41) is 16.2. The van der Waals surface area contributed by atoms with Crippen molar-refractivity contribution in [2.45, 2.75) is 57.5 Å². The maximum Gasteiger partial charge on any atom is 0.226 e. The van der Waals surface area contributed by atoms with Crippen molar-refractivity contribution in [1.82, 2.24) is 25.5 Å². The normalized spacial score (nSPS) is 34.8. The fourth-order valence-electron chi connectivity index (χ4n) is 6.16. The minimum Gasteiger partial charge on any atom is -0.352 e. The third-order valence-electron chi connectivity index (χ3n) is 6.75. The largest absolute Gasteiger partial charge is 0.352 e. The first-order valence-corrected chi connectivity index (χ1v) is 9.66. The molecule has 136 valence electrons. The van der Waals surface area contributed by atoms with E-state index >= 15 is 0 Å². The summed E-state index contributed by atoms with van der Waals surface area (Å²) in [6, 6.07) is 10.1. The molecule has 1 aromatic heterocycles. The van der Waals surface area contributed by atoms with Gasteiger partial charge in [-0.05, 0) is 68.1 Å². The van der Waals surface area contributed by atoms with Crippen LogP contribution < -0.4 is 5.32 Å². The first-order chi connectivity index (χ1) is 12.6. The van der Waals surface area contributed by atoms with E-state index in [4.69, 9.17) is 0 Å². The molecular weight excluding hydrogens is 326 g/mol. The summed E-state index contributed by atoms with van der Waals surface area (Å²) in [6.07, 6.45) is 6.31. The molecule has 4 bridgehead atoms. The molecule has 0 spiro atoms. The van der Waals surface area contributed by atoms with Crippen molar-refractivity contribution < 1.29 is 4.79 Å². The van der Waals surface area contributed by atoms with Crippen LogP contribution in [0, 0.1) is 24.2 Å². The van der Waals surface area contributed by atoms with Crippen molar-refractivity contribution in [3.8, 4) is 0 Å². The number of nitrogens with zero attached hydrogens (tertiary/aromatic N) is 4. The Bertz CT molecular complexity index is 816. The standard InChI is InChI=1S/C20H25N5O/c1-14-22-24-25(23-14)20-10-16-7-17(11-20)9-19(8-16,13-20)18(26)21-12-15-5-3-2-4-6-15/h2-6,16-17H,7-13H2,1H3,(H,21,26)/t16-,17+,19?,20?. The molecule has 26 heavy (non-hydrogen) atoms. The van der Waals surface area contributed by atoms with Gasteiger partial charge in [-0.3, -0.25) is 4.79 Å². The van der Waals surface area contributed by atoms with Crippen molar-refractivity contribution >= 4 is 5.91 Å². The number of benzene rings is 1. The van der Waals surface area contributed by atoms with E-state index in [1.165, 1.54) is 6.42 Å². The number of hydrogen-bond acceptors (Lipinski definition) is 4. The number of aryl methyl sites for hydroxylation is 1. The number of carbonyl (C=O) groups is 1. The monoisotopic (exact) mass is 351 g/mol. The molecule has 2 aromatic rings. The van der Waals surface area contributed by atoms with Gasteiger partial charge in [-0.1, -0.05) is 30.3 Å². The predicted octanol–water partition coefficient (Wildman–Crippen LogP) is 2.59. The molecule has 1 N–H and O–H groups in total. The van der Waals surface area contributed by atoms with Crippen LogP contribution in [0.4, 0.5) is 0 Å². The van der Waals surface area contributed by atoms with Gasteiger partial charge in [0.1, 0.15) is 0 Å². The van der Waals surface area contributed by atoms with Gasteiger partial charge in [0.05, 0.1) is 11.0 Å². The van der Waals surface area contributed by atoms with Crippen molar-refractivity contribution in [1.29, 1.82) is 0 Å². The second kappa shape index (κ2) is 5.63. The molecule has 4 aliphatic rings. The van der Waals surface area contributed by atoms with Gasteiger partial charge in [-0.15, -0.1) is 10.2 Å². The summed E-state index contributed by atoms with van der Waals surface area (Å²) in [7, 11) is 0. The second-order valence-electron chi connectivity index (χ2n) is 8.76. The van der Waals surface area contributed by atoms with Crippen LogP contribution in [0.2, 0.25) is 0 Å². The molecule has 4 saturated carbocycles. The van der Waals surface area contributed by atoms with Crippen LogP contribution in [0.5, 0.6) is 0 Å². The number of tetrazole rings is 1. The van der Waals surface area contributed by atoms with E-state index < -0.39 is 0 Å². The zero-order valence-corrected chi connectivity index (χ0v) is 15.2. The highest BCUT2D eigenvalue weighted by atomic mass is 16.2. The fraction of sp³-hybridized carbons (Fsp3) is 0.600. The highest BCUT2D eigenvalue weighted by Gasteiger charge is 2.62. The van der Waals surface area contributed by atoms with Gasteiger partial charge in [0, 0.05) is 6.54 Å². The number of aromatic nitrogens is 4. The topological polar surface area (TPSA) is 72.7 Å². The molecule has 0 radical (unpaired) electrons. The van der Waals surface area contributed by atoms with Gasteiger partial charge in [-0.2, -0.15) is 4.80 Å². The molecule has 2 unspecified atom stereocenters. The lowest BCUT2D eigenvalue weighted by atomic mass is 9.46. The first-order valence-electron chi connectivity index (χ1n) is 9.66. The van der Waals surface area contributed by atoms with Crippen LogP contribution in [-0.2, 0) is 16.9 Å². The Balaban J connectivity index is 1.40. The van der Waals surface area contributed by atoms with E-state index in [2.05, 4.69) is 32.9 Å². The predicted molar refractivity (Wildman–Crippen MR) is 95.9 cm³/mol. The van der Waals surface area contributed by atoms with Gasteiger partial charge >= 0.3 is 0 Å². The zero-order chi connectivity index (χ0) is 17.8. The third kappa shape index (κ3) is 2.46. The Kier molecular flexibility index (Phi) is 3.46. The maximum absolute atomic E-state index is 13.3. The van der Waals surface area contributed by atoms with Crippen LogP contribution >= 0.6 is 0 Å². The van der Waals surface area contributed by atoms with E-state index in [-0.39, 0.29) is 16.9 Å². The minimum atomic E-state index is -0.263. The fourth-order valence-corrected chi connectivity index (χ4v) is 6.16. The highest BCUT2D eigenvalue weighted by molar-refractivity contribution is 5.83. The lowest BCUT2D eigenvalue weighted by Gasteiger charge is -2.60. The Labute approximate surface area is 153 Å². The summed E-state index contributed by atoms with van der Waals surface area (Å²) in [5.74, 6) is 2.13. The molecule has 1 heterocycles. The molecule has 4 aliphatic carbocycles. The van der Waals surface area contributed by atoms with E-state index in [1.54, 1.807) is 0 Å². The molecule has 0 aliphatic heterocycles. The zero-order valence-electron chi connectivity index (χ0n) is 15.2. The Hall–Kier alpha value is -2.24.